The first-order valence-corrected chi connectivity index (χ1v) is 7.80. The van der Waals surface area contributed by atoms with Crippen LogP contribution in [0.4, 0.5) is 0 Å². The van der Waals surface area contributed by atoms with Crippen molar-refractivity contribution in [1.29, 1.82) is 0 Å². The molecule has 0 radical (unpaired) electrons. The van der Waals surface area contributed by atoms with E-state index in [2.05, 4.69) is 28.2 Å². The van der Waals surface area contributed by atoms with E-state index in [0.717, 1.165) is 35.3 Å². The molecular formula is C16H17BrClNO. The van der Waals surface area contributed by atoms with E-state index in [4.69, 9.17) is 16.3 Å². The molecule has 0 saturated heterocycles. The highest BCUT2D eigenvalue weighted by molar-refractivity contribution is 9.10. The third-order valence-electron chi connectivity index (χ3n) is 2.84. The van der Waals surface area contributed by atoms with E-state index < -0.39 is 0 Å². The van der Waals surface area contributed by atoms with Crippen LogP contribution in [0.15, 0.2) is 46.9 Å². The van der Waals surface area contributed by atoms with Gasteiger partial charge in [0, 0.05) is 12.1 Å². The van der Waals surface area contributed by atoms with Crippen LogP contribution in [-0.4, -0.2) is 6.54 Å². The summed E-state index contributed by atoms with van der Waals surface area (Å²) in [4.78, 5) is 0. The van der Waals surface area contributed by atoms with Crippen molar-refractivity contribution in [2.24, 2.45) is 0 Å². The quantitative estimate of drug-likeness (QED) is 0.702. The summed E-state index contributed by atoms with van der Waals surface area (Å²) in [5.41, 5.74) is 1.06. The minimum Gasteiger partial charge on any atom is -0.454 e. The van der Waals surface area contributed by atoms with Crippen molar-refractivity contribution in [3.8, 4) is 11.5 Å². The number of ether oxygens (including phenoxy) is 1. The van der Waals surface area contributed by atoms with Crippen molar-refractivity contribution in [3.63, 3.8) is 0 Å². The van der Waals surface area contributed by atoms with Gasteiger partial charge in [-0.15, -0.1) is 0 Å². The van der Waals surface area contributed by atoms with Crippen molar-refractivity contribution in [1.82, 2.24) is 5.32 Å². The molecular weight excluding hydrogens is 338 g/mol. The lowest BCUT2D eigenvalue weighted by Crippen LogP contribution is -2.14. The third-order valence-corrected chi connectivity index (χ3v) is 3.79. The molecule has 106 valence electrons. The Morgan fingerprint density at radius 1 is 1.15 bits per heavy atom. The lowest BCUT2D eigenvalue weighted by molar-refractivity contribution is 0.470. The van der Waals surface area contributed by atoms with Gasteiger partial charge in [-0.05, 0) is 47.1 Å². The minimum atomic E-state index is 0.622. The topological polar surface area (TPSA) is 21.3 Å². The van der Waals surface area contributed by atoms with Crippen LogP contribution in [0.5, 0.6) is 11.5 Å². The molecule has 2 aromatic carbocycles. The molecule has 0 amide bonds. The molecule has 0 atom stereocenters. The smallest absolute Gasteiger partial charge is 0.150 e. The van der Waals surface area contributed by atoms with Gasteiger partial charge < -0.3 is 10.1 Å². The zero-order valence-electron chi connectivity index (χ0n) is 11.3. The molecule has 20 heavy (non-hydrogen) atoms. The molecule has 0 bridgehead atoms. The summed E-state index contributed by atoms with van der Waals surface area (Å²) in [5.74, 6) is 1.47. The van der Waals surface area contributed by atoms with Crippen molar-refractivity contribution < 1.29 is 4.74 Å². The lowest BCUT2D eigenvalue weighted by atomic mass is 10.2. The van der Waals surface area contributed by atoms with Gasteiger partial charge in [-0.2, -0.15) is 0 Å². The maximum atomic E-state index is 6.28. The summed E-state index contributed by atoms with van der Waals surface area (Å²) >= 11 is 9.76. The maximum absolute atomic E-state index is 6.28. The number of para-hydroxylation sites is 2. The predicted octanol–water partition coefficient (Wildman–Crippen LogP) is 5.39. The highest BCUT2D eigenvalue weighted by atomic mass is 79.9. The number of hydrogen-bond acceptors (Lipinski definition) is 2. The van der Waals surface area contributed by atoms with Gasteiger partial charge in [-0.25, -0.2) is 0 Å². The van der Waals surface area contributed by atoms with Gasteiger partial charge in [0.1, 0.15) is 5.75 Å². The minimum absolute atomic E-state index is 0.622. The molecule has 0 aromatic heterocycles. The zero-order chi connectivity index (χ0) is 14.4. The van der Waals surface area contributed by atoms with Crippen LogP contribution in [-0.2, 0) is 6.54 Å². The highest BCUT2D eigenvalue weighted by Crippen LogP contribution is 2.36. The van der Waals surface area contributed by atoms with E-state index in [0.29, 0.717) is 10.8 Å². The fraction of sp³-hybridized carbons (Fsp3) is 0.250. The second-order valence-corrected chi connectivity index (χ2v) is 5.70. The molecule has 0 aliphatic heterocycles. The largest absolute Gasteiger partial charge is 0.454 e. The van der Waals surface area contributed by atoms with Crippen molar-refractivity contribution in [2.45, 2.75) is 19.9 Å². The van der Waals surface area contributed by atoms with Crippen LogP contribution in [0.3, 0.4) is 0 Å². The van der Waals surface area contributed by atoms with Crippen LogP contribution in [0.1, 0.15) is 18.9 Å². The Balaban J connectivity index is 2.23. The third kappa shape index (κ3) is 3.98. The van der Waals surface area contributed by atoms with Gasteiger partial charge in [-0.3, -0.25) is 0 Å². The average Bonchev–Trinajstić information content (AvgIpc) is 2.44. The van der Waals surface area contributed by atoms with Gasteiger partial charge in [0.2, 0.25) is 0 Å². The molecule has 2 nitrogen and oxygen atoms in total. The highest BCUT2D eigenvalue weighted by Gasteiger charge is 2.10. The molecule has 0 saturated carbocycles. The zero-order valence-corrected chi connectivity index (χ0v) is 13.7. The van der Waals surface area contributed by atoms with E-state index in [1.807, 2.05) is 42.5 Å². The Bertz CT molecular complexity index is 574. The number of hydrogen-bond donors (Lipinski definition) is 1. The normalized spacial score (nSPS) is 10.6. The van der Waals surface area contributed by atoms with Gasteiger partial charge >= 0.3 is 0 Å². The molecule has 0 spiro atoms. The Morgan fingerprint density at radius 3 is 2.70 bits per heavy atom. The molecule has 2 rings (SSSR count). The number of nitrogens with one attached hydrogen (secondary N) is 1. The van der Waals surface area contributed by atoms with Crippen molar-refractivity contribution in [2.75, 3.05) is 6.54 Å². The number of rotatable bonds is 6. The van der Waals surface area contributed by atoms with Crippen LogP contribution in [0, 0.1) is 0 Å². The Labute approximate surface area is 133 Å². The molecule has 2 aromatic rings. The summed E-state index contributed by atoms with van der Waals surface area (Å²) in [6.07, 6.45) is 1.10. The standard InChI is InChI=1S/C16H17BrClNO/c1-2-10-19-11-12-6-5-8-14(18)16(12)20-15-9-4-3-7-13(15)17/h3-9,19H,2,10-11H2,1H3. The molecule has 0 heterocycles. The number of benzene rings is 2. The first-order valence-electron chi connectivity index (χ1n) is 6.63. The van der Waals surface area contributed by atoms with Gasteiger partial charge in [-0.1, -0.05) is 42.8 Å². The van der Waals surface area contributed by atoms with Crippen molar-refractivity contribution >= 4 is 27.5 Å². The van der Waals surface area contributed by atoms with Crippen LogP contribution < -0.4 is 10.1 Å². The lowest BCUT2D eigenvalue weighted by Gasteiger charge is -2.14. The van der Waals surface area contributed by atoms with E-state index >= 15 is 0 Å². The van der Waals surface area contributed by atoms with E-state index in [1.165, 1.54) is 0 Å². The monoisotopic (exact) mass is 353 g/mol. The second-order valence-electron chi connectivity index (χ2n) is 4.44. The van der Waals surface area contributed by atoms with E-state index in [9.17, 15) is 0 Å². The van der Waals surface area contributed by atoms with Gasteiger partial charge in [0.25, 0.3) is 0 Å². The van der Waals surface area contributed by atoms with Crippen LogP contribution >= 0.6 is 27.5 Å². The Kier molecular flexibility index (Phi) is 5.89. The molecule has 0 fully saturated rings. The van der Waals surface area contributed by atoms with Crippen LogP contribution in [0.2, 0.25) is 5.02 Å². The van der Waals surface area contributed by atoms with Crippen LogP contribution in [0.25, 0.3) is 0 Å². The maximum Gasteiger partial charge on any atom is 0.150 e. The predicted molar refractivity (Wildman–Crippen MR) is 87.7 cm³/mol. The summed E-state index contributed by atoms with van der Waals surface area (Å²) < 4.78 is 6.89. The molecule has 1 N–H and O–H groups in total. The summed E-state index contributed by atoms with van der Waals surface area (Å²) in [7, 11) is 0. The van der Waals surface area contributed by atoms with E-state index in [-0.39, 0.29) is 0 Å². The Hall–Kier alpha value is -1.03. The molecule has 0 aliphatic carbocycles. The molecule has 0 unspecified atom stereocenters. The fourth-order valence-corrected chi connectivity index (χ4v) is 2.44. The first-order chi connectivity index (χ1) is 9.72. The number of halogens is 2. The summed E-state index contributed by atoms with van der Waals surface area (Å²) in [6.45, 7) is 3.86. The first kappa shape index (κ1) is 15.4. The summed E-state index contributed by atoms with van der Waals surface area (Å²) in [5, 5.41) is 3.99. The van der Waals surface area contributed by atoms with Gasteiger partial charge in [0.05, 0.1) is 9.50 Å². The molecule has 0 aliphatic rings. The second kappa shape index (κ2) is 7.67. The van der Waals surface area contributed by atoms with Crippen molar-refractivity contribution in [3.05, 3.63) is 57.5 Å². The fourth-order valence-electron chi connectivity index (χ4n) is 1.84. The molecule has 4 heteroatoms. The van der Waals surface area contributed by atoms with Gasteiger partial charge in [0.15, 0.2) is 5.75 Å². The SMILES string of the molecule is CCCNCc1cccc(Cl)c1Oc1ccccc1Br. The summed E-state index contributed by atoms with van der Waals surface area (Å²) in [6, 6.07) is 13.6. The Morgan fingerprint density at radius 2 is 1.95 bits per heavy atom. The average molecular weight is 355 g/mol. The van der Waals surface area contributed by atoms with E-state index in [1.54, 1.807) is 0 Å².